The zero-order chi connectivity index (χ0) is 20.4. The summed E-state index contributed by atoms with van der Waals surface area (Å²) in [6.45, 7) is 12.9. The van der Waals surface area contributed by atoms with Gasteiger partial charge in [0.05, 0.1) is 0 Å². The number of hydrogen-bond acceptors (Lipinski definition) is 5. The highest BCUT2D eigenvalue weighted by Gasteiger charge is 2.24. The molecule has 0 aromatic rings. The fourth-order valence-electron chi connectivity index (χ4n) is 1.75. The molecule has 0 radical (unpaired) electrons. The lowest BCUT2D eigenvalue weighted by Gasteiger charge is -2.22. The first-order chi connectivity index (χ1) is 11.2. The second kappa shape index (κ2) is 11.7. The monoisotopic (exact) mass is 362 g/mol. The maximum Gasteiger partial charge on any atom is 0.408 e. The van der Waals surface area contributed by atoms with E-state index in [1.165, 1.54) is 0 Å². The molecule has 0 unspecified atom stereocenters. The van der Waals surface area contributed by atoms with E-state index in [2.05, 4.69) is 5.32 Å². The average molecular weight is 362 g/mol. The van der Waals surface area contributed by atoms with Gasteiger partial charge in [-0.05, 0) is 45.4 Å². The highest BCUT2D eigenvalue weighted by Crippen LogP contribution is 2.09. The van der Waals surface area contributed by atoms with Crippen molar-refractivity contribution in [2.45, 2.75) is 79.0 Å². The van der Waals surface area contributed by atoms with Gasteiger partial charge in [0, 0.05) is 0 Å². The Morgan fingerprint density at radius 2 is 1.40 bits per heavy atom. The summed E-state index contributed by atoms with van der Waals surface area (Å²) >= 11 is 0. The van der Waals surface area contributed by atoms with Gasteiger partial charge in [0.25, 0.3) is 0 Å². The Morgan fingerprint density at radius 3 is 1.64 bits per heavy atom. The van der Waals surface area contributed by atoms with Gasteiger partial charge in [-0.3, -0.25) is 4.79 Å². The second-order valence-corrected chi connectivity index (χ2v) is 7.74. The van der Waals surface area contributed by atoms with Crippen LogP contribution in [-0.4, -0.2) is 45.9 Å². The number of nitrogens with one attached hydrogen (secondary N) is 1. The van der Waals surface area contributed by atoms with Gasteiger partial charge < -0.3 is 26.0 Å². The molecular weight excluding hydrogens is 328 g/mol. The Morgan fingerprint density at radius 1 is 0.960 bits per heavy atom. The quantitative estimate of drug-likeness (QED) is 0.545. The van der Waals surface area contributed by atoms with Gasteiger partial charge in [0.2, 0.25) is 0 Å². The van der Waals surface area contributed by atoms with Crippen LogP contribution in [0.5, 0.6) is 0 Å². The van der Waals surface area contributed by atoms with Crippen molar-refractivity contribution >= 4 is 18.0 Å². The van der Waals surface area contributed by atoms with Crippen LogP contribution in [0.2, 0.25) is 0 Å². The number of alkyl carbamates (subject to hydrolysis) is 1. The minimum Gasteiger partial charge on any atom is -0.480 e. The number of hydrogen-bond donors (Lipinski definition) is 4. The minimum absolute atomic E-state index is 0.191. The SMILES string of the molecule is CC(C)C[C@H](N)C(=O)O.CC(C)C[C@H](NC(=O)OC(C)(C)C)C(=O)O. The highest BCUT2D eigenvalue weighted by molar-refractivity contribution is 5.80. The first-order valence-corrected chi connectivity index (χ1v) is 8.36. The number of carbonyl (C=O) groups is 3. The van der Waals surface area contributed by atoms with Crippen molar-refractivity contribution in [2.75, 3.05) is 0 Å². The number of carbonyl (C=O) groups excluding carboxylic acids is 1. The van der Waals surface area contributed by atoms with E-state index in [-0.39, 0.29) is 5.92 Å². The number of ether oxygens (including phenoxy) is 1. The molecule has 1 amide bonds. The molecule has 0 aliphatic heterocycles. The molecule has 0 aliphatic carbocycles. The summed E-state index contributed by atoms with van der Waals surface area (Å²) in [5.74, 6) is -1.41. The fourth-order valence-corrected chi connectivity index (χ4v) is 1.75. The van der Waals surface area contributed by atoms with Crippen LogP contribution in [0.3, 0.4) is 0 Å². The summed E-state index contributed by atoms with van der Waals surface area (Å²) in [5, 5.41) is 19.5. The van der Waals surface area contributed by atoms with Crippen molar-refractivity contribution in [2.24, 2.45) is 17.6 Å². The Kier molecular flexibility index (Phi) is 11.9. The Hall–Kier alpha value is -1.83. The molecule has 0 fully saturated rings. The van der Waals surface area contributed by atoms with Gasteiger partial charge in [-0.2, -0.15) is 0 Å². The molecule has 0 saturated heterocycles. The molecule has 8 nitrogen and oxygen atoms in total. The van der Waals surface area contributed by atoms with E-state index in [0.717, 1.165) is 0 Å². The molecule has 0 spiro atoms. The number of carboxylic acid groups (broad SMARTS) is 2. The van der Waals surface area contributed by atoms with Crippen LogP contribution in [0.25, 0.3) is 0 Å². The van der Waals surface area contributed by atoms with Gasteiger partial charge in [0.15, 0.2) is 0 Å². The summed E-state index contributed by atoms with van der Waals surface area (Å²) in [4.78, 5) is 32.3. The zero-order valence-electron chi connectivity index (χ0n) is 16.3. The van der Waals surface area contributed by atoms with Crippen LogP contribution in [-0.2, 0) is 14.3 Å². The first kappa shape index (κ1) is 25.4. The van der Waals surface area contributed by atoms with Gasteiger partial charge in [-0.1, -0.05) is 27.7 Å². The van der Waals surface area contributed by atoms with Crippen molar-refractivity contribution in [3.8, 4) is 0 Å². The molecule has 0 aromatic carbocycles. The lowest BCUT2D eigenvalue weighted by atomic mass is 10.0. The number of carboxylic acids is 2. The molecule has 2 atom stereocenters. The Labute approximate surface area is 150 Å². The molecule has 8 heteroatoms. The van der Waals surface area contributed by atoms with E-state index in [4.69, 9.17) is 20.7 Å². The maximum atomic E-state index is 11.4. The van der Waals surface area contributed by atoms with Crippen LogP contribution in [0.4, 0.5) is 4.79 Å². The van der Waals surface area contributed by atoms with Gasteiger partial charge in [0.1, 0.15) is 17.7 Å². The molecule has 0 rings (SSSR count). The summed E-state index contributed by atoms with van der Waals surface area (Å²) in [6, 6.07) is -1.58. The standard InChI is InChI=1S/C11H21NO4.C6H13NO2/c1-7(2)6-8(9(13)14)12-10(15)16-11(3,4)5;1-4(2)3-5(7)6(8)9/h7-8H,6H2,1-5H3,(H,12,15)(H,13,14);4-5H,3,7H2,1-2H3,(H,8,9)/t8-;5-/m00/s1. The number of nitrogens with two attached hydrogens (primary N) is 1. The Balaban J connectivity index is 0. The minimum atomic E-state index is -1.04. The summed E-state index contributed by atoms with van der Waals surface area (Å²) in [6.07, 6.45) is 0.240. The third kappa shape index (κ3) is 16.8. The van der Waals surface area contributed by atoms with Crippen LogP contribution in [0.1, 0.15) is 61.3 Å². The van der Waals surface area contributed by atoms with E-state index in [1.54, 1.807) is 20.8 Å². The van der Waals surface area contributed by atoms with E-state index < -0.39 is 35.7 Å². The van der Waals surface area contributed by atoms with Crippen LogP contribution in [0, 0.1) is 11.8 Å². The third-order valence-electron chi connectivity index (χ3n) is 2.74. The molecule has 0 aromatic heterocycles. The average Bonchev–Trinajstić information content (AvgIpc) is 2.34. The van der Waals surface area contributed by atoms with Crippen molar-refractivity contribution in [1.29, 1.82) is 0 Å². The lowest BCUT2D eigenvalue weighted by Crippen LogP contribution is -2.44. The summed E-state index contributed by atoms with van der Waals surface area (Å²) in [7, 11) is 0. The van der Waals surface area contributed by atoms with E-state index in [1.807, 2.05) is 27.7 Å². The molecule has 25 heavy (non-hydrogen) atoms. The smallest absolute Gasteiger partial charge is 0.408 e. The number of amides is 1. The van der Waals surface area contributed by atoms with Crippen molar-refractivity contribution in [3.63, 3.8) is 0 Å². The van der Waals surface area contributed by atoms with Crippen LogP contribution >= 0.6 is 0 Å². The second-order valence-electron chi connectivity index (χ2n) is 7.74. The highest BCUT2D eigenvalue weighted by atomic mass is 16.6. The van der Waals surface area contributed by atoms with E-state index >= 15 is 0 Å². The van der Waals surface area contributed by atoms with E-state index in [0.29, 0.717) is 18.8 Å². The lowest BCUT2D eigenvalue weighted by molar-refractivity contribution is -0.140. The topological polar surface area (TPSA) is 139 Å². The van der Waals surface area contributed by atoms with Gasteiger partial charge in [-0.25, -0.2) is 9.59 Å². The predicted octanol–water partition coefficient (Wildman–Crippen LogP) is 2.45. The summed E-state index contributed by atoms with van der Waals surface area (Å²) in [5.41, 5.74) is 4.60. The van der Waals surface area contributed by atoms with Crippen molar-refractivity contribution < 1.29 is 29.3 Å². The molecule has 0 aliphatic rings. The molecule has 0 heterocycles. The number of aliphatic carboxylic acids is 2. The predicted molar refractivity (Wildman–Crippen MR) is 95.3 cm³/mol. The normalized spacial score (nSPS) is 13.5. The largest absolute Gasteiger partial charge is 0.480 e. The van der Waals surface area contributed by atoms with E-state index in [9.17, 15) is 14.4 Å². The van der Waals surface area contributed by atoms with Gasteiger partial charge >= 0.3 is 18.0 Å². The first-order valence-electron chi connectivity index (χ1n) is 8.36. The van der Waals surface area contributed by atoms with Crippen molar-refractivity contribution in [1.82, 2.24) is 5.32 Å². The Bertz CT molecular complexity index is 429. The zero-order valence-corrected chi connectivity index (χ0v) is 16.3. The maximum absolute atomic E-state index is 11.4. The molecule has 148 valence electrons. The summed E-state index contributed by atoms with van der Waals surface area (Å²) < 4.78 is 4.99. The molecular formula is C17H34N2O6. The van der Waals surface area contributed by atoms with Crippen molar-refractivity contribution in [3.05, 3.63) is 0 Å². The van der Waals surface area contributed by atoms with Crippen LogP contribution in [0.15, 0.2) is 0 Å². The van der Waals surface area contributed by atoms with Crippen LogP contribution < -0.4 is 11.1 Å². The molecule has 5 N–H and O–H groups in total. The molecule has 0 saturated carbocycles. The fraction of sp³-hybridized carbons (Fsp3) is 0.824. The third-order valence-corrected chi connectivity index (χ3v) is 2.74. The van der Waals surface area contributed by atoms with Gasteiger partial charge in [-0.15, -0.1) is 0 Å². The molecule has 0 bridgehead atoms. The number of rotatable bonds is 7.